The summed E-state index contributed by atoms with van der Waals surface area (Å²) in [7, 11) is 0. The van der Waals surface area contributed by atoms with Gasteiger partial charge < -0.3 is 4.74 Å². The Balaban J connectivity index is 0. The summed E-state index contributed by atoms with van der Waals surface area (Å²) in [5, 5.41) is 0. The Hall–Kier alpha value is 1.02. The molecule has 0 bridgehead atoms. The summed E-state index contributed by atoms with van der Waals surface area (Å²) in [5.74, 6) is 1.00. The molecular weight excluding hydrogens is 326 g/mol. The minimum absolute atomic E-state index is 0. The molecule has 0 fully saturated rings. The molecule has 0 unspecified atom stereocenters. The molecular formula is C22H38Na2O+2. The average Bonchev–Trinajstić information content (AvgIpc) is 2.59. The Morgan fingerprint density at radius 3 is 1.40 bits per heavy atom. The van der Waals surface area contributed by atoms with Gasteiger partial charge in [-0.2, -0.15) is 0 Å². The zero-order valence-corrected chi connectivity index (χ0v) is 21.4. The Morgan fingerprint density at radius 1 is 0.560 bits per heavy atom. The van der Waals surface area contributed by atoms with Gasteiger partial charge in [-0.3, -0.25) is 0 Å². The van der Waals surface area contributed by atoms with Crippen LogP contribution < -0.4 is 63.9 Å². The van der Waals surface area contributed by atoms with Gasteiger partial charge >= 0.3 is 59.1 Å². The van der Waals surface area contributed by atoms with Crippen LogP contribution in [0.3, 0.4) is 0 Å². The first-order valence-corrected chi connectivity index (χ1v) is 10.1. The summed E-state index contributed by atoms with van der Waals surface area (Å²) in [6, 6.07) is 10.1. The van der Waals surface area contributed by atoms with Crippen LogP contribution in [0.1, 0.15) is 96.8 Å². The van der Waals surface area contributed by atoms with Gasteiger partial charge in [0.15, 0.2) is 0 Å². The fourth-order valence-corrected chi connectivity index (χ4v) is 3.00. The fraction of sp³-hybridized carbons (Fsp3) is 0.727. The standard InChI is InChI=1S/C22H38O.2Na/c1-2-3-4-5-6-7-8-9-10-11-12-13-14-18-21-23-22-19-16-15-17-20-22;;/h15-17,19-20H,2-14,18,21H2,1H3;;/q;2*+1. The SMILES string of the molecule is CCCCCCCCCCCCCCCCOc1ccccc1.[Na+].[Na+]. The molecule has 0 aliphatic heterocycles. The van der Waals surface area contributed by atoms with Crippen molar-refractivity contribution in [1.82, 2.24) is 0 Å². The molecule has 3 heteroatoms. The largest absolute Gasteiger partial charge is 1.00 e. The number of benzene rings is 1. The van der Waals surface area contributed by atoms with Crippen LogP contribution in [0.2, 0.25) is 0 Å². The Bertz CT molecular complexity index is 343. The summed E-state index contributed by atoms with van der Waals surface area (Å²) in [6.07, 6.45) is 19.7. The van der Waals surface area contributed by atoms with Crippen molar-refractivity contribution < 1.29 is 63.9 Å². The fourth-order valence-electron chi connectivity index (χ4n) is 3.00. The average molecular weight is 365 g/mol. The minimum atomic E-state index is 0. The van der Waals surface area contributed by atoms with Gasteiger partial charge in [-0.25, -0.2) is 0 Å². The van der Waals surface area contributed by atoms with E-state index in [0.717, 1.165) is 12.4 Å². The summed E-state index contributed by atoms with van der Waals surface area (Å²) in [5.41, 5.74) is 0. The number of rotatable bonds is 16. The maximum Gasteiger partial charge on any atom is 1.00 e. The van der Waals surface area contributed by atoms with Crippen molar-refractivity contribution in [3.8, 4) is 5.75 Å². The van der Waals surface area contributed by atoms with Crippen LogP contribution in [0.15, 0.2) is 30.3 Å². The van der Waals surface area contributed by atoms with Crippen LogP contribution in [0, 0.1) is 0 Å². The van der Waals surface area contributed by atoms with Gasteiger partial charge in [-0.15, -0.1) is 0 Å². The zero-order valence-electron chi connectivity index (χ0n) is 17.4. The topological polar surface area (TPSA) is 9.23 Å². The van der Waals surface area contributed by atoms with Crippen LogP contribution in [0.25, 0.3) is 0 Å². The third-order valence-corrected chi connectivity index (χ3v) is 4.51. The van der Waals surface area contributed by atoms with Crippen molar-refractivity contribution in [2.24, 2.45) is 0 Å². The first-order valence-electron chi connectivity index (χ1n) is 10.1. The van der Waals surface area contributed by atoms with Gasteiger partial charge in [0, 0.05) is 0 Å². The van der Waals surface area contributed by atoms with Crippen molar-refractivity contribution in [1.29, 1.82) is 0 Å². The predicted octanol–water partition coefficient (Wildman–Crippen LogP) is 1.55. The van der Waals surface area contributed by atoms with Gasteiger partial charge in [0.05, 0.1) is 6.61 Å². The smallest absolute Gasteiger partial charge is 0.494 e. The molecule has 0 saturated carbocycles. The number of hydrogen-bond donors (Lipinski definition) is 0. The Labute approximate surface area is 201 Å². The maximum absolute atomic E-state index is 5.71. The van der Waals surface area contributed by atoms with E-state index in [-0.39, 0.29) is 59.1 Å². The number of para-hydroxylation sites is 1. The van der Waals surface area contributed by atoms with Gasteiger partial charge in [0.1, 0.15) is 5.75 Å². The maximum atomic E-state index is 5.71. The molecule has 0 aliphatic rings. The monoisotopic (exact) mass is 364 g/mol. The van der Waals surface area contributed by atoms with E-state index in [1.165, 1.54) is 89.9 Å². The molecule has 1 aromatic rings. The van der Waals surface area contributed by atoms with Crippen LogP contribution in [0.4, 0.5) is 0 Å². The molecule has 0 radical (unpaired) electrons. The number of unbranched alkanes of at least 4 members (excludes halogenated alkanes) is 13. The van der Waals surface area contributed by atoms with Crippen molar-refractivity contribution >= 4 is 0 Å². The normalized spacial score (nSPS) is 9.96. The van der Waals surface area contributed by atoms with Gasteiger partial charge in [0.25, 0.3) is 0 Å². The molecule has 0 atom stereocenters. The molecule has 0 spiro atoms. The van der Waals surface area contributed by atoms with Crippen molar-refractivity contribution in [3.05, 3.63) is 30.3 Å². The second kappa shape index (κ2) is 23.1. The molecule has 0 saturated heterocycles. The van der Waals surface area contributed by atoms with E-state index in [0.29, 0.717) is 0 Å². The van der Waals surface area contributed by atoms with Crippen molar-refractivity contribution in [3.63, 3.8) is 0 Å². The van der Waals surface area contributed by atoms with E-state index in [9.17, 15) is 0 Å². The van der Waals surface area contributed by atoms with Crippen LogP contribution >= 0.6 is 0 Å². The van der Waals surface area contributed by atoms with Gasteiger partial charge in [-0.05, 0) is 18.6 Å². The van der Waals surface area contributed by atoms with E-state index < -0.39 is 0 Å². The molecule has 0 heterocycles. The molecule has 0 aromatic heterocycles. The first kappa shape index (κ1) is 28.2. The summed E-state index contributed by atoms with van der Waals surface area (Å²) >= 11 is 0. The first-order chi connectivity index (χ1) is 11.4. The third kappa shape index (κ3) is 19.6. The van der Waals surface area contributed by atoms with Gasteiger partial charge in [0.2, 0.25) is 0 Å². The Kier molecular flexibility index (Phi) is 26.0. The second-order valence-electron chi connectivity index (χ2n) is 6.76. The molecule has 1 rings (SSSR count). The van der Waals surface area contributed by atoms with E-state index in [1.54, 1.807) is 0 Å². The molecule has 0 N–H and O–H groups in total. The molecule has 0 aliphatic carbocycles. The summed E-state index contributed by atoms with van der Waals surface area (Å²) in [6.45, 7) is 3.15. The zero-order chi connectivity index (χ0) is 16.4. The minimum Gasteiger partial charge on any atom is -0.494 e. The Morgan fingerprint density at radius 2 is 0.960 bits per heavy atom. The van der Waals surface area contributed by atoms with Gasteiger partial charge in [-0.1, -0.05) is 109 Å². The molecule has 25 heavy (non-hydrogen) atoms. The van der Waals surface area contributed by atoms with E-state index in [4.69, 9.17) is 4.74 Å². The van der Waals surface area contributed by atoms with Crippen molar-refractivity contribution in [2.45, 2.75) is 96.8 Å². The molecule has 1 aromatic carbocycles. The summed E-state index contributed by atoms with van der Waals surface area (Å²) < 4.78 is 5.71. The third-order valence-electron chi connectivity index (χ3n) is 4.51. The second-order valence-corrected chi connectivity index (χ2v) is 6.76. The predicted molar refractivity (Wildman–Crippen MR) is 102 cm³/mol. The molecule has 1 nitrogen and oxygen atoms in total. The van der Waals surface area contributed by atoms with Crippen LogP contribution in [-0.2, 0) is 0 Å². The van der Waals surface area contributed by atoms with Crippen molar-refractivity contribution in [2.75, 3.05) is 6.61 Å². The quantitative estimate of drug-likeness (QED) is 0.320. The van der Waals surface area contributed by atoms with E-state index in [1.807, 2.05) is 30.3 Å². The number of hydrogen-bond acceptors (Lipinski definition) is 1. The van der Waals surface area contributed by atoms with E-state index in [2.05, 4.69) is 6.92 Å². The molecule has 0 amide bonds. The molecule has 132 valence electrons. The number of ether oxygens (including phenoxy) is 1. The van der Waals surface area contributed by atoms with Crippen LogP contribution in [-0.4, -0.2) is 6.61 Å². The summed E-state index contributed by atoms with van der Waals surface area (Å²) in [4.78, 5) is 0. The van der Waals surface area contributed by atoms with E-state index >= 15 is 0 Å². The van der Waals surface area contributed by atoms with Crippen LogP contribution in [0.5, 0.6) is 5.75 Å².